The Morgan fingerprint density at radius 3 is 2.41 bits per heavy atom. The molecule has 0 aliphatic rings. The van der Waals surface area contributed by atoms with Crippen LogP contribution < -0.4 is 4.72 Å². The number of benzene rings is 2. The van der Waals surface area contributed by atoms with E-state index in [-0.39, 0.29) is 11.6 Å². The van der Waals surface area contributed by atoms with Crippen molar-refractivity contribution in [3.8, 4) is 0 Å². The predicted molar refractivity (Wildman–Crippen MR) is 84.7 cm³/mol. The van der Waals surface area contributed by atoms with E-state index < -0.39 is 10.0 Å². The zero-order valence-corrected chi connectivity index (χ0v) is 12.6. The minimum absolute atomic E-state index is 0.254. The summed E-state index contributed by atoms with van der Waals surface area (Å²) in [6.45, 7) is 0. The maximum absolute atomic E-state index is 13.0. The van der Waals surface area contributed by atoms with Crippen LogP contribution in [-0.4, -0.2) is 20.5 Å². The van der Waals surface area contributed by atoms with Gasteiger partial charge in [-0.05, 0) is 48.0 Å². The lowest BCUT2D eigenvalue weighted by Gasteiger charge is -2.03. The summed E-state index contributed by atoms with van der Waals surface area (Å²) in [4.78, 5) is 12.0. The number of anilines is 1. The van der Waals surface area contributed by atoms with Crippen LogP contribution in [0.4, 0.5) is 10.1 Å². The Morgan fingerprint density at radius 1 is 1.14 bits per heavy atom. The van der Waals surface area contributed by atoms with Crippen molar-refractivity contribution in [3.05, 3.63) is 71.6 Å². The summed E-state index contributed by atoms with van der Waals surface area (Å²) in [6.07, 6.45) is 3.91. The Bertz CT molecular complexity index is 812. The largest absolute Gasteiger partial charge is 0.289 e. The number of hydrogen-bond donors (Lipinski definition) is 1. The van der Waals surface area contributed by atoms with Gasteiger partial charge in [0.2, 0.25) is 10.0 Å². The van der Waals surface area contributed by atoms with E-state index in [2.05, 4.69) is 4.72 Å². The van der Waals surface area contributed by atoms with Crippen LogP contribution in [-0.2, 0) is 10.0 Å². The molecule has 0 heterocycles. The van der Waals surface area contributed by atoms with Crippen LogP contribution in [0.3, 0.4) is 0 Å². The van der Waals surface area contributed by atoms with Gasteiger partial charge in [-0.25, -0.2) is 12.8 Å². The Hall–Kier alpha value is -2.47. The molecule has 0 saturated carbocycles. The molecular weight excluding hydrogens is 305 g/mol. The van der Waals surface area contributed by atoms with E-state index in [4.69, 9.17) is 0 Å². The van der Waals surface area contributed by atoms with Gasteiger partial charge in [0, 0.05) is 11.3 Å². The molecule has 22 heavy (non-hydrogen) atoms. The average Bonchev–Trinajstić information content (AvgIpc) is 2.44. The van der Waals surface area contributed by atoms with Gasteiger partial charge in [-0.1, -0.05) is 18.2 Å². The molecule has 0 bridgehead atoms. The first kappa shape index (κ1) is 15.9. The Kier molecular flexibility index (Phi) is 4.72. The maximum Gasteiger partial charge on any atom is 0.229 e. The quantitative estimate of drug-likeness (QED) is 0.680. The smallest absolute Gasteiger partial charge is 0.229 e. The molecule has 2 rings (SSSR count). The van der Waals surface area contributed by atoms with Gasteiger partial charge >= 0.3 is 0 Å². The number of ketones is 1. The molecule has 0 saturated heterocycles. The highest BCUT2D eigenvalue weighted by Crippen LogP contribution is 2.12. The first-order valence-electron chi connectivity index (χ1n) is 6.39. The molecule has 6 heteroatoms. The fourth-order valence-corrected chi connectivity index (χ4v) is 2.36. The third kappa shape index (κ3) is 4.82. The van der Waals surface area contributed by atoms with E-state index in [1.54, 1.807) is 12.1 Å². The van der Waals surface area contributed by atoms with Crippen molar-refractivity contribution in [1.82, 2.24) is 0 Å². The SMILES string of the molecule is CS(=O)(=O)Nc1ccc(C(=O)/C=C\c2cccc(F)c2)cc1. The molecule has 0 spiro atoms. The van der Waals surface area contributed by atoms with Crippen molar-refractivity contribution in [3.63, 3.8) is 0 Å². The van der Waals surface area contributed by atoms with Gasteiger partial charge in [-0.15, -0.1) is 0 Å². The molecule has 0 aliphatic carbocycles. The zero-order valence-electron chi connectivity index (χ0n) is 11.8. The van der Waals surface area contributed by atoms with Crippen molar-refractivity contribution in [2.45, 2.75) is 0 Å². The van der Waals surface area contributed by atoms with E-state index in [1.807, 2.05) is 0 Å². The van der Waals surface area contributed by atoms with Gasteiger partial charge in [0.1, 0.15) is 5.82 Å². The Labute approximate surface area is 128 Å². The van der Waals surface area contributed by atoms with E-state index in [0.29, 0.717) is 16.8 Å². The molecule has 0 atom stereocenters. The van der Waals surface area contributed by atoms with Crippen LogP contribution in [0.1, 0.15) is 15.9 Å². The summed E-state index contributed by atoms with van der Waals surface area (Å²) in [5.41, 5.74) is 1.38. The molecule has 0 unspecified atom stereocenters. The summed E-state index contributed by atoms with van der Waals surface area (Å²) in [5, 5.41) is 0. The fraction of sp³-hybridized carbons (Fsp3) is 0.0625. The number of halogens is 1. The molecule has 2 aromatic carbocycles. The molecule has 0 radical (unpaired) electrons. The number of allylic oxidation sites excluding steroid dienone is 1. The maximum atomic E-state index is 13.0. The summed E-state index contributed by atoms with van der Waals surface area (Å²) < 4.78 is 37.5. The van der Waals surface area contributed by atoms with Crippen molar-refractivity contribution in [2.24, 2.45) is 0 Å². The molecule has 1 N–H and O–H groups in total. The number of carbonyl (C=O) groups is 1. The van der Waals surface area contributed by atoms with E-state index in [1.165, 1.54) is 48.6 Å². The average molecular weight is 319 g/mol. The number of carbonyl (C=O) groups excluding carboxylic acids is 1. The van der Waals surface area contributed by atoms with Crippen LogP contribution in [0.25, 0.3) is 6.08 Å². The normalized spacial score (nSPS) is 11.5. The lowest BCUT2D eigenvalue weighted by Crippen LogP contribution is -2.09. The van der Waals surface area contributed by atoms with Gasteiger partial charge < -0.3 is 0 Å². The van der Waals surface area contributed by atoms with Crippen molar-refractivity contribution in [2.75, 3.05) is 11.0 Å². The van der Waals surface area contributed by atoms with Crippen molar-refractivity contribution >= 4 is 27.6 Å². The molecule has 2 aromatic rings. The molecular formula is C16H14FNO3S. The van der Waals surface area contributed by atoms with E-state index in [0.717, 1.165) is 6.26 Å². The highest BCUT2D eigenvalue weighted by molar-refractivity contribution is 7.92. The second-order valence-corrected chi connectivity index (χ2v) is 6.45. The topological polar surface area (TPSA) is 63.2 Å². The van der Waals surface area contributed by atoms with Crippen LogP contribution >= 0.6 is 0 Å². The van der Waals surface area contributed by atoms with Gasteiger partial charge in [-0.3, -0.25) is 9.52 Å². The molecule has 0 aliphatic heterocycles. The Morgan fingerprint density at radius 2 is 1.82 bits per heavy atom. The lowest BCUT2D eigenvalue weighted by atomic mass is 10.1. The van der Waals surface area contributed by atoms with Crippen LogP contribution in [0.5, 0.6) is 0 Å². The van der Waals surface area contributed by atoms with Crippen molar-refractivity contribution < 1.29 is 17.6 Å². The molecule has 0 aromatic heterocycles. The fourth-order valence-electron chi connectivity index (χ4n) is 1.80. The Balaban J connectivity index is 2.10. The predicted octanol–water partition coefficient (Wildman–Crippen LogP) is 3.09. The number of sulfonamides is 1. The molecule has 114 valence electrons. The van der Waals surface area contributed by atoms with Gasteiger partial charge in [0.05, 0.1) is 6.26 Å². The second-order valence-electron chi connectivity index (χ2n) is 4.70. The molecule has 0 fully saturated rings. The number of nitrogens with one attached hydrogen (secondary N) is 1. The lowest BCUT2D eigenvalue weighted by molar-refractivity contribution is 0.104. The minimum Gasteiger partial charge on any atom is -0.289 e. The number of rotatable bonds is 5. The highest BCUT2D eigenvalue weighted by atomic mass is 32.2. The second kappa shape index (κ2) is 6.53. The van der Waals surface area contributed by atoms with Crippen LogP contribution in [0, 0.1) is 5.82 Å². The van der Waals surface area contributed by atoms with E-state index >= 15 is 0 Å². The summed E-state index contributed by atoms with van der Waals surface area (Å²) >= 11 is 0. The summed E-state index contributed by atoms with van der Waals surface area (Å²) in [6, 6.07) is 11.9. The standard InChI is InChI=1S/C16H14FNO3S/c1-22(20,21)18-15-8-6-13(7-9-15)16(19)10-5-12-3-2-4-14(17)11-12/h2-11,18H,1H3/b10-5-. The third-order valence-corrected chi connectivity index (χ3v) is 3.35. The zero-order chi connectivity index (χ0) is 16.2. The van der Waals surface area contributed by atoms with Crippen LogP contribution in [0.15, 0.2) is 54.6 Å². The van der Waals surface area contributed by atoms with Gasteiger partial charge in [-0.2, -0.15) is 0 Å². The van der Waals surface area contributed by atoms with E-state index in [9.17, 15) is 17.6 Å². The summed E-state index contributed by atoms with van der Waals surface area (Å²) in [5.74, 6) is -0.624. The molecule has 0 amide bonds. The summed E-state index contributed by atoms with van der Waals surface area (Å²) in [7, 11) is -3.35. The van der Waals surface area contributed by atoms with Gasteiger partial charge in [0.25, 0.3) is 0 Å². The highest BCUT2D eigenvalue weighted by Gasteiger charge is 2.04. The van der Waals surface area contributed by atoms with Crippen molar-refractivity contribution in [1.29, 1.82) is 0 Å². The number of hydrogen-bond acceptors (Lipinski definition) is 3. The monoisotopic (exact) mass is 319 g/mol. The van der Waals surface area contributed by atoms with Crippen LogP contribution in [0.2, 0.25) is 0 Å². The third-order valence-electron chi connectivity index (χ3n) is 2.75. The first-order valence-corrected chi connectivity index (χ1v) is 8.28. The first-order chi connectivity index (χ1) is 10.3. The minimum atomic E-state index is -3.35. The molecule has 4 nitrogen and oxygen atoms in total. The van der Waals surface area contributed by atoms with Gasteiger partial charge in [0.15, 0.2) is 5.78 Å².